The molecule has 0 bridgehead atoms. The highest BCUT2D eigenvalue weighted by molar-refractivity contribution is 5.94. The normalized spacial score (nSPS) is 21.7. The number of aryl methyl sites for hydroxylation is 1. The second-order valence-electron chi connectivity index (χ2n) is 6.08. The number of carboxylic acids is 1. The van der Waals surface area contributed by atoms with Gasteiger partial charge in [0.15, 0.2) is 0 Å². The Balaban J connectivity index is 2.19. The lowest BCUT2D eigenvalue weighted by atomic mass is 9.76. The number of aromatic nitrogens is 2. The average Bonchev–Trinajstić information content (AvgIpc) is 2.79. The minimum absolute atomic E-state index is 0.267. The van der Waals surface area contributed by atoms with Crippen molar-refractivity contribution in [2.24, 2.45) is 12.5 Å². The van der Waals surface area contributed by atoms with E-state index in [4.69, 9.17) is 0 Å². The number of amides is 1. The number of carboxylic acid groups (broad SMARTS) is 1. The summed E-state index contributed by atoms with van der Waals surface area (Å²) in [4.78, 5) is 25.4. The first-order valence-electron chi connectivity index (χ1n) is 7.02. The van der Waals surface area contributed by atoms with Crippen molar-refractivity contribution in [1.82, 2.24) is 14.7 Å². The molecule has 1 saturated heterocycles. The summed E-state index contributed by atoms with van der Waals surface area (Å²) >= 11 is 0. The minimum atomic E-state index is -0.943. The first-order chi connectivity index (χ1) is 9.83. The van der Waals surface area contributed by atoms with Crippen LogP contribution in [0.15, 0.2) is 18.3 Å². The van der Waals surface area contributed by atoms with E-state index in [2.05, 4.69) is 5.10 Å². The first kappa shape index (κ1) is 15.3. The number of rotatable bonds is 3. The van der Waals surface area contributed by atoms with E-state index >= 15 is 0 Å². The van der Waals surface area contributed by atoms with Gasteiger partial charge < -0.3 is 10.0 Å². The summed E-state index contributed by atoms with van der Waals surface area (Å²) in [5.74, 6) is -1.21. The molecule has 1 N–H and O–H groups in total. The Morgan fingerprint density at radius 3 is 2.76 bits per heavy atom. The van der Waals surface area contributed by atoms with Gasteiger partial charge >= 0.3 is 5.97 Å². The van der Waals surface area contributed by atoms with Crippen molar-refractivity contribution < 1.29 is 14.7 Å². The summed E-state index contributed by atoms with van der Waals surface area (Å²) in [7, 11) is 1.79. The van der Waals surface area contributed by atoms with Crippen LogP contribution >= 0.6 is 0 Å². The lowest BCUT2D eigenvalue weighted by Crippen LogP contribution is -2.55. The highest BCUT2D eigenvalue weighted by atomic mass is 16.4. The maximum Gasteiger partial charge on any atom is 0.326 e. The summed E-state index contributed by atoms with van der Waals surface area (Å²) in [5.41, 5.74) is 0.381. The lowest BCUT2D eigenvalue weighted by molar-refractivity contribution is -0.156. The van der Waals surface area contributed by atoms with Gasteiger partial charge in [-0.2, -0.15) is 5.10 Å². The molecule has 0 aromatic carbocycles. The molecule has 0 saturated carbocycles. The van der Waals surface area contributed by atoms with Gasteiger partial charge in [-0.05, 0) is 30.4 Å². The molecule has 0 aliphatic carbocycles. The number of hydrogen-bond donors (Lipinski definition) is 1. The molecule has 1 aliphatic rings. The van der Waals surface area contributed by atoms with Crippen LogP contribution in [0.25, 0.3) is 6.08 Å². The largest absolute Gasteiger partial charge is 0.480 e. The predicted octanol–water partition coefficient (Wildman–Crippen LogP) is 1.54. The van der Waals surface area contributed by atoms with Gasteiger partial charge in [-0.15, -0.1) is 0 Å². The molecule has 0 radical (unpaired) electrons. The van der Waals surface area contributed by atoms with Crippen molar-refractivity contribution in [3.05, 3.63) is 24.0 Å². The van der Waals surface area contributed by atoms with E-state index in [0.29, 0.717) is 6.54 Å². The Morgan fingerprint density at radius 1 is 1.48 bits per heavy atom. The fraction of sp³-hybridized carbons (Fsp3) is 0.533. The maximum atomic E-state index is 12.4. The quantitative estimate of drug-likeness (QED) is 0.857. The van der Waals surface area contributed by atoms with E-state index in [1.54, 1.807) is 30.1 Å². The van der Waals surface area contributed by atoms with E-state index in [1.165, 1.54) is 11.0 Å². The lowest BCUT2D eigenvalue weighted by Gasteiger charge is -2.43. The number of nitrogens with zero attached hydrogens (tertiary/aromatic N) is 3. The number of piperidine rings is 1. The van der Waals surface area contributed by atoms with Crippen molar-refractivity contribution in [2.45, 2.75) is 32.7 Å². The fourth-order valence-electron chi connectivity index (χ4n) is 2.90. The molecular weight excluding hydrogens is 270 g/mol. The van der Waals surface area contributed by atoms with Crippen molar-refractivity contribution in [3.63, 3.8) is 0 Å². The van der Waals surface area contributed by atoms with Crippen molar-refractivity contribution >= 4 is 18.0 Å². The Morgan fingerprint density at radius 2 is 2.19 bits per heavy atom. The zero-order valence-corrected chi connectivity index (χ0v) is 12.6. The van der Waals surface area contributed by atoms with Crippen molar-refractivity contribution in [3.8, 4) is 0 Å². The van der Waals surface area contributed by atoms with E-state index in [0.717, 1.165) is 18.5 Å². The van der Waals surface area contributed by atoms with Crippen LogP contribution in [0.4, 0.5) is 0 Å². The Labute approximate surface area is 124 Å². The third kappa shape index (κ3) is 3.15. The fourth-order valence-corrected chi connectivity index (χ4v) is 2.90. The summed E-state index contributed by atoms with van der Waals surface area (Å²) in [6.45, 7) is 4.28. The highest BCUT2D eigenvalue weighted by Crippen LogP contribution is 2.35. The smallest absolute Gasteiger partial charge is 0.326 e. The van der Waals surface area contributed by atoms with Crippen LogP contribution in [0, 0.1) is 5.41 Å². The van der Waals surface area contributed by atoms with Crippen LogP contribution in [0.2, 0.25) is 0 Å². The number of likely N-dealkylation sites (tertiary alicyclic amines) is 1. The van der Waals surface area contributed by atoms with Crippen LogP contribution < -0.4 is 0 Å². The molecule has 1 aromatic heterocycles. The standard InChI is InChI=1S/C15H21N3O3/c1-15(2)8-4-10-18(13(15)14(20)21)12(19)6-5-11-7-9-16-17(11)3/h5-7,9,13H,4,8,10H2,1-3H3,(H,20,21)/b6-5+. The summed E-state index contributed by atoms with van der Waals surface area (Å²) in [5, 5.41) is 13.5. The Hall–Kier alpha value is -2.11. The molecule has 114 valence electrons. The predicted molar refractivity (Wildman–Crippen MR) is 78.4 cm³/mol. The molecule has 1 fully saturated rings. The molecule has 0 spiro atoms. The molecular formula is C15H21N3O3. The van der Waals surface area contributed by atoms with Gasteiger partial charge in [0.05, 0.1) is 5.69 Å². The van der Waals surface area contributed by atoms with Gasteiger partial charge in [0.1, 0.15) is 6.04 Å². The second-order valence-corrected chi connectivity index (χ2v) is 6.08. The van der Waals surface area contributed by atoms with E-state index in [-0.39, 0.29) is 5.91 Å². The maximum absolute atomic E-state index is 12.4. The molecule has 21 heavy (non-hydrogen) atoms. The molecule has 2 heterocycles. The molecule has 1 atom stereocenters. The van der Waals surface area contributed by atoms with Crippen LogP contribution in [-0.4, -0.2) is 44.3 Å². The number of aliphatic carboxylic acids is 1. The Kier molecular flexibility index (Phi) is 4.16. The van der Waals surface area contributed by atoms with Crippen LogP contribution in [0.5, 0.6) is 0 Å². The molecule has 1 aromatic rings. The summed E-state index contributed by atoms with van der Waals surface area (Å²) in [6.07, 6.45) is 6.36. The molecule has 1 amide bonds. The number of carbonyl (C=O) groups is 2. The summed E-state index contributed by atoms with van der Waals surface area (Å²) < 4.78 is 1.65. The monoisotopic (exact) mass is 291 g/mol. The number of carbonyl (C=O) groups excluding carboxylic acids is 1. The van der Waals surface area contributed by atoms with Gasteiger partial charge in [-0.3, -0.25) is 9.48 Å². The first-order valence-corrected chi connectivity index (χ1v) is 7.02. The molecule has 6 heteroatoms. The number of hydrogen-bond acceptors (Lipinski definition) is 3. The summed E-state index contributed by atoms with van der Waals surface area (Å²) in [6, 6.07) is 1.01. The second kappa shape index (κ2) is 5.71. The van der Waals surface area contributed by atoms with Crippen LogP contribution in [-0.2, 0) is 16.6 Å². The van der Waals surface area contributed by atoms with Crippen LogP contribution in [0.1, 0.15) is 32.4 Å². The van der Waals surface area contributed by atoms with Gasteiger partial charge in [0.2, 0.25) is 5.91 Å². The van der Waals surface area contributed by atoms with Crippen molar-refractivity contribution in [2.75, 3.05) is 6.54 Å². The van der Waals surface area contributed by atoms with E-state index < -0.39 is 17.4 Å². The highest BCUT2D eigenvalue weighted by Gasteiger charge is 2.43. The third-order valence-corrected chi connectivity index (χ3v) is 4.04. The average molecular weight is 291 g/mol. The zero-order valence-electron chi connectivity index (χ0n) is 12.6. The topological polar surface area (TPSA) is 75.4 Å². The third-order valence-electron chi connectivity index (χ3n) is 4.04. The molecule has 1 unspecified atom stereocenters. The molecule has 2 rings (SSSR count). The molecule has 1 aliphatic heterocycles. The van der Waals surface area contributed by atoms with Gasteiger partial charge in [0, 0.05) is 25.9 Å². The van der Waals surface area contributed by atoms with Gasteiger partial charge in [-0.1, -0.05) is 13.8 Å². The van der Waals surface area contributed by atoms with E-state index in [1.807, 2.05) is 13.8 Å². The molecule has 6 nitrogen and oxygen atoms in total. The van der Waals surface area contributed by atoms with E-state index in [9.17, 15) is 14.7 Å². The SMILES string of the molecule is Cn1nccc1/C=C/C(=O)N1CCCC(C)(C)C1C(=O)O. The van der Waals surface area contributed by atoms with Crippen LogP contribution in [0.3, 0.4) is 0 Å². The van der Waals surface area contributed by atoms with Crippen molar-refractivity contribution in [1.29, 1.82) is 0 Å². The van der Waals surface area contributed by atoms with Gasteiger partial charge in [-0.25, -0.2) is 4.79 Å². The van der Waals surface area contributed by atoms with Gasteiger partial charge in [0.25, 0.3) is 0 Å². The zero-order chi connectivity index (χ0) is 15.6. The Bertz CT molecular complexity index is 574. The minimum Gasteiger partial charge on any atom is -0.480 e.